The van der Waals surface area contributed by atoms with Crippen molar-refractivity contribution >= 4 is 27.3 Å². The van der Waals surface area contributed by atoms with Crippen molar-refractivity contribution in [1.82, 2.24) is 10.3 Å². The van der Waals surface area contributed by atoms with Crippen molar-refractivity contribution in [1.29, 1.82) is 0 Å². The number of thiazole rings is 1. The summed E-state index contributed by atoms with van der Waals surface area (Å²) >= 11 is 4.78. The first-order valence-electron chi connectivity index (χ1n) is 5.96. The standard InChI is InChI=1S/C13H12BrFN2OS/c14-8-1-2-9(10(15)5-8)12-7-19-13(17-12)11-6-18-4-3-16-11/h1-2,5,7,11,16H,3-4,6H2. The number of aromatic nitrogens is 1. The van der Waals surface area contributed by atoms with Gasteiger partial charge in [0.25, 0.3) is 0 Å². The SMILES string of the molecule is Fc1cc(Br)ccc1-c1csc(C2COCCN2)n1. The molecule has 19 heavy (non-hydrogen) atoms. The molecule has 3 nitrogen and oxygen atoms in total. The molecule has 2 aromatic rings. The number of ether oxygens (including phenoxy) is 1. The van der Waals surface area contributed by atoms with E-state index in [1.165, 1.54) is 17.4 Å². The lowest BCUT2D eigenvalue weighted by Gasteiger charge is -2.21. The molecule has 0 saturated carbocycles. The summed E-state index contributed by atoms with van der Waals surface area (Å²) in [4.78, 5) is 4.52. The third-order valence-electron chi connectivity index (χ3n) is 2.95. The van der Waals surface area contributed by atoms with Gasteiger partial charge in [-0.1, -0.05) is 15.9 Å². The summed E-state index contributed by atoms with van der Waals surface area (Å²) in [5.74, 6) is -0.265. The lowest BCUT2D eigenvalue weighted by atomic mass is 10.1. The molecule has 1 N–H and O–H groups in total. The molecule has 100 valence electrons. The Morgan fingerprint density at radius 3 is 3.11 bits per heavy atom. The van der Waals surface area contributed by atoms with Crippen molar-refractivity contribution in [3.63, 3.8) is 0 Å². The van der Waals surface area contributed by atoms with Crippen molar-refractivity contribution in [3.05, 3.63) is 38.9 Å². The van der Waals surface area contributed by atoms with E-state index < -0.39 is 0 Å². The molecule has 0 radical (unpaired) electrons. The lowest BCUT2D eigenvalue weighted by Crippen LogP contribution is -2.34. The number of nitrogens with one attached hydrogen (secondary N) is 1. The molecular formula is C13H12BrFN2OS. The summed E-state index contributed by atoms with van der Waals surface area (Å²) in [7, 11) is 0. The number of morpholine rings is 1. The zero-order chi connectivity index (χ0) is 13.2. The molecule has 1 fully saturated rings. The van der Waals surface area contributed by atoms with Gasteiger partial charge in [-0.05, 0) is 18.2 Å². The predicted octanol–water partition coefficient (Wildman–Crippen LogP) is 3.37. The second kappa shape index (κ2) is 5.66. The van der Waals surface area contributed by atoms with Crippen LogP contribution in [-0.2, 0) is 4.74 Å². The van der Waals surface area contributed by atoms with Gasteiger partial charge in [0, 0.05) is 22.0 Å². The van der Waals surface area contributed by atoms with Crippen LogP contribution in [0, 0.1) is 5.82 Å². The zero-order valence-corrected chi connectivity index (χ0v) is 12.4. The summed E-state index contributed by atoms with van der Waals surface area (Å²) in [6.07, 6.45) is 0. The largest absolute Gasteiger partial charge is 0.378 e. The quantitative estimate of drug-likeness (QED) is 0.908. The predicted molar refractivity (Wildman–Crippen MR) is 76.8 cm³/mol. The topological polar surface area (TPSA) is 34.1 Å². The molecule has 1 saturated heterocycles. The molecule has 6 heteroatoms. The van der Waals surface area contributed by atoms with Crippen LogP contribution >= 0.6 is 27.3 Å². The minimum Gasteiger partial charge on any atom is -0.378 e. The molecule has 1 aliphatic heterocycles. The van der Waals surface area contributed by atoms with Crippen LogP contribution in [0.3, 0.4) is 0 Å². The van der Waals surface area contributed by atoms with Gasteiger partial charge in [0.05, 0.1) is 24.9 Å². The Labute approximate surface area is 122 Å². The van der Waals surface area contributed by atoms with E-state index in [1.807, 2.05) is 11.4 Å². The summed E-state index contributed by atoms with van der Waals surface area (Å²) < 4.78 is 20.0. The Hall–Kier alpha value is -0.820. The number of halogens is 2. The Balaban J connectivity index is 1.87. The molecule has 3 rings (SSSR count). The number of rotatable bonds is 2. The fourth-order valence-electron chi connectivity index (χ4n) is 1.99. The highest BCUT2D eigenvalue weighted by Crippen LogP contribution is 2.29. The summed E-state index contributed by atoms with van der Waals surface area (Å²) in [6.45, 7) is 2.18. The van der Waals surface area contributed by atoms with E-state index in [2.05, 4.69) is 26.2 Å². The Morgan fingerprint density at radius 2 is 2.37 bits per heavy atom. The third kappa shape index (κ3) is 2.86. The molecule has 1 unspecified atom stereocenters. The molecule has 0 amide bonds. The van der Waals surface area contributed by atoms with E-state index in [-0.39, 0.29) is 11.9 Å². The minimum absolute atomic E-state index is 0.117. The zero-order valence-electron chi connectivity index (χ0n) is 10.0. The molecule has 0 bridgehead atoms. The molecule has 0 aliphatic carbocycles. The van der Waals surface area contributed by atoms with Gasteiger partial charge in [-0.15, -0.1) is 11.3 Å². The van der Waals surface area contributed by atoms with Crippen molar-refractivity contribution < 1.29 is 9.13 Å². The maximum absolute atomic E-state index is 13.9. The van der Waals surface area contributed by atoms with Crippen molar-refractivity contribution in [2.24, 2.45) is 0 Å². The van der Waals surface area contributed by atoms with Crippen LogP contribution in [0.25, 0.3) is 11.3 Å². The van der Waals surface area contributed by atoms with Crippen LogP contribution in [0.2, 0.25) is 0 Å². The second-order valence-corrected chi connectivity index (χ2v) is 6.08. The first-order chi connectivity index (χ1) is 9.24. The molecule has 1 aliphatic rings. The van der Waals surface area contributed by atoms with Crippen LogP contribution in [0.15, 0.2) is 28.1 Å². The van der Waals surface area contributed by atoms with Gasteiger partial charge in [-0.25, -0.2) is 9.37 Å². The molecule has 1 aromatic carbocycles. The van der Waals surface area contributed by atoms with Gasteiger partial charge in [0.15, 0.2) is 0 Å². The van der Waals surface area contributed by atoms with E-state index in [4.69, 9.17) is 4.74 Å². The molecule has 1 aromatic heterocycles. The third-order valence-corrected chi connectivity index (χ3v) is 4.40. The maximum Gasteiger partial charge on any atom is 0.133 e. The van der Waals surface area contributed by atoms with Gasteiger partial charge >= 0.3 is 0 Å². The average molecular weight is 343 g/mol. The molecule has 1 atom stereocenters. The monoisotopic (exact) mass is 342 g/mol. The number of nitrogens with zero attached hydrogens (tertiary/aromatic N) is 1. The van der Waals surface area contributed by atoms with Gasteiger partial charge in [-0.3, -0.25) is 0 Å². The normalized spacial score (nSPS) is 19.6. The average Bonchev–Trinajstić information content (AvgIpc) is 2.89. The highest BCUT2D eigenvalue weighted by molar-refractivity contribution is 9.10. The van der Waals surface area contributed by atoms with E-state index in [1.54, 1.807) is 6.07 Å². The first-order valence-corrected chi connectivity index (χ1v) is 7.63. The van der Waals surface area contributed by atoms with E-state index in [0.29, 0.717) is 17.9 Å². The highest BCUT2D eigenvalue weighted by atomic mass is 79.9. The highest BCUT2D eigenvalue weighted by Gasteiger charge is 2.19. The molecular weight excluding hydrogens is 331 g/mol. The van der Waals surface area contributed by atoms with Crippen LogP contribution in [0.4, 0.5) is 4.39 Å². The van der Waals surface area contributed by atoms with Crippen molar-refractivity contribution in [2.45, 2.75) is 6.04 Å². The van der Waals surface area contributed by atoms with Crippen LogP contribution in [-0.4, -0.2) is 24.7 Å². The number of benzene rings is 1. The van der Waals surface area contributed by atoms with Gasteiger partial charge in [0.1, 0.15) is 10.8 Å². The van der Waals surface area contributed by atoms with Crippen LogP contribution in [0.5, 0.6) is 0 Å². The van der Waals surface area contributed by atoms with Gasteiger partial charge < -0.3 is 10.1 Å². The molecule has 0 spiro atoms. The number of hydrogen-bond acceptors (Lipinski definition) is 4. The first kappa shape index (κ1) is 13.2. The summed E-state index contributed by atoms with van der Waals surface area (Å²) in [5, 5.41) is 6.17. The van der Waals surface area contributed by atoms with Crippen LogP contribution in [0.1, 0.15) is 11.0 Å². The lowest BCUT2D eigenvalue weighted by molar-refractivity contribution is 0.0768. The maximum atomic E-state index is 13.9. The smallest absolute Gasteiger partial charge is 0.133 e. The Morgan fingerprint density at radius 1 is 1.47 bits per heavy atom. The minimum atomic E-state index is -0.265. The van der Waals surface area contributed by atoms with Crippen LogP contribution < -0.4 is 5.32 Å². The fraction of sp³-hybridized carbons (Fsp3) is 0.308. The summed E-state index contributed by atoms with van der Waals surface area (Å²) in [5.41, 5.74) is 1.21. The van der Waals surface area contributed by atoms with Gasteiger partial charge in [-0.2, -0.15) is 0 Å². The van der Waals surface area contributed by atoms with E-state index in [0.717, 1.165) is 22.6 Å². The van der Waals surface area contributed by atoms with Crippen molar-refractivity contribution in [3.8, 4) is 11.3 Å². The fourth-order valence-corrected chi connectivity index (χ4v) is 3.20. The number of hydrogen-bond donors (Lipinski definition) is 1. The van der Waals surface area contributed by atoms with E-state index >= 15 is 0 Å². The van der Waals surface area contributed by atoms with Gasteiger partial charge in [0.2, 0.25) is 0 Å². The van der Waals surface area contributed by atoms with Crippen molar-refractivity contribution in [2.75, 3.05) is 19.8 Å². The second-order valence-electron chi connectivity index (χ2n) is 4.28. The summed E-state index contributed by atoms with van der Waals surface area (Å²) in [6, 6.07) is 5.13. The van der Waals surface area contributed by atoms with E-state index in [9.17, 15) is 4.39 Å². The molecule has 2 heterocycles. The Bertz CT molecular complexity index is 584. The Kier molecular flexibility index (Phi) is 3.93.